The van der Waals surface area contributed by atoms with E-state index in [0.29, 0.717) is 23.9 Å². The van der Waals surface area contributed by atoms with E-state index in [0.717, 1.165) is 10.0 Å². The average molecular weight is 355 g/mol. The van der Waals surface area contributed by atoms with Crippen molar-refractivity contribution >= 4 is 15.9 Å². The minimum Gasteiger partial charge on any atom is -0.473 e. The lowest BCUT2D eigenvalue weighted by atomic mass is 10.2. The minimum atomic E-state index is 0.427. The smallest absolute Gasteiger partial charge is 0.218 e. The number of nitriles is 1. The van der Waals surface area contributed by atoms with Crippen LogP contribution in [-0.4, -0.2) is 14.8 Å². The average Bonchev–Trinajstić information content (AvgIpc) is 3.03. The first-order valence-electron chi connectivity index (χ1n) is 6.54. The number of benzene rings is 1. The van der Waals surface area contributed by atoms with Gasteiger partial charge in [-0.3, -0.25) is 0 Å². The fourth-order valence-corrected chi connectivity index (χ4v) is 2.18. The molecule has 0 radical (unpaired) electrons. The lowest BCUT2D eigenvalue weighted by Gasteiger charge is -2.09. The zero-order chi connectivity index (χ0) is 15.4. The number of aromatic nitrogens is 3. The topological polar surface area (TPSA) is 63.7 Å². The van der Waals surface area contributed by atoms with Gasteiger partial charge in [0.1, 0.15) is 6.61 Å². The highest BCUT2D eigenvalue weighted by molar-refractivity contribution is 9.10. The van der Waals surface area contributed by atoms with Crippen molar-refractivity contribution in [1.29, 1.82) is 5.26 Å². The summed E-state index contributed by atoms with van der Waals surface area (Å²) in [6.07, 6.45) is 3.21. The second-order valence-electron chi connectivity index (χ2n) is 4.51. The Morgan fingerprint density at radius 1 is 1.14 bits per heavy atom. The Hall–Kier alpha value is -2.65. The maximum Gasteiger partial charge on any atom is 0.218 e. The van der Waals surface area contributed by atoms with Gasteiger partial charge in [0.15, 0.2) is 5.82 Å². The first-order chi connectivity index (χ1) is 10.8. The molecule has 0 bridgehead atoms. The third-order valence-electron chi connectivity index (χ3n) is 3.00. The van der Waals surface area contributed by atoms with Crippen LogP contribution in [0.25, 0.3) is 5.82 Å². The first-order valence-corrected chi connectivity index (χ1v) is 7.33. The van der Waals surface area contributed by atoms with Crippen LogP contribution >= 0.6 is 15.9 Å². The van der Waals surface area contributed by atoms with Gasteiger partial charge in [-0.15, -0.1) is 0 Å². The SMILES string of the molecule is N#Cc1ccnc(-n2nccc2OCc2ccc(Br)cc2)c1. The van der Waals surface area contributed by atoms with E-state index < -0.39 is 0 Å². The molecule has 0 amide bonds. The van der Waals surface area contributed by atoms with E-state index in [-0.39, 0.29) is 0 Å². The summed E-state index contributed by atoms with van der Waals surface area (Å²) in [7, 11) is 0. The van der Waals surface area contributed by atoms with Crippen LogP contribution in [0.3, 0.4) is 0 Å². The van der Waals surface area contributed by atoms with Crippen LogP contribution in [0.15, 0.2) is 59.3 Å². The Kier molecular flexibility index (Phi) is 4.17. The predicted molar refractivity (Wildman–Crippen MR) is 84.5 cm³/mol. The van der Waals surface area contributed by atoms with Crippen LogP contribution < -0.4 is 4.74 Å². The summed E-state index contributed by atoms with van der Waals surface area (Å²) < 4.78 is 8.39. The van der Waals surface area contributed by atoms with Crippen molar-refractivity contribution < 1.29 is 4.74 Å². The molecular weight excluding hydrogens is 344 g/mol. The van der Waals surface area contributed by atoms with E-state index in [1.807, 2.05) is 24.3 Å². The zero-order valence-corrected chi connectivity index (χ0v) is 13.1. The molecule has 0 atom stereocenters. The lowest BCUT2D eigenvalue weighted by molar-refractivity contribution is 0.284. The van der Waals surface area contributed by atoms with Crippen molar-refractivity contribution in [2.75, 3.05) is 0 Å². The molecule has 0 aliphatic carbocycles. The highest BCUT2D eigenvalue weighted by Gasteiger charge is 2.08. The molecule has 3 aromatic rings. The van der Waals surface area contributed by atoms with Crippen LogP contribution in [0.5, 0.6) is 5.88 Å². The second kappa shape index (κ2) is 6.41. The molecule has 6 heteroatoms. The molecular formula is C16H11BrN4O. The zero-order valence-electron chi connectivity index (χ0n) is 11.5. The van der Waals surface area contributed by atoms with E-state index in [4.69, 9.17) is 10.00 Å². The molecule has 0 aliphatic heterocycles. The fraction of sp³-hybridized carbons (Fsp3) is 0.0625. The third-order valence-corrected chi connectivity index (χ3v) is 3.53. The van der Waals surface area contributed by atoms with Gasteiger partial charge < -0.3 is 4.74 Å². The van der Waals surface area contributed by atoms with Crippen molar-refractivity contribution in [1.82, 2.24) is 14.8 Å². The molecule has 22 heavy (non-hydrogen) atoms. The molecule has 3 rings (SSSR count). The summed E-state index contributed by atoms with van der Waals surface area (Å²) in [4.78, 5) is 4.22. The van der Waals surface area contributed by atoms with Crippen LogP contribution in [0.4, 0.5) is 0 Å². The highest BCUT2D eigenvalue weighted by Crippen LogP contribution is 2.18. The number of hydrogen-bond acceptors (Lipinski definition) is 4. The van der Waals surface area contributed by atoms with Gasteiger partial charge in [0, 0.05) is 22.8 Å². The molecule has 0 spiro atoms. The van der Waals surface area contributed by atoms with Crippen molar-refractivity contribution in [2.24, 2.45) is 0 Å². The van der Waals surface area contributed by atoms with E-state index >= 15 is 0 Å². The summed E-state index contributed by atoms with van der Waals surface area (Å²) in [6.45, 7) is 0.427. The fourth-order valence-electron chi connectivity index (χ4n) is 1.91. The van der Waals surface area contributed by atoms with E-state index in [1.165, 1.54) is 0 Å². The van der Waals surface area contributed by atoms with Gasteiger partial charge >= 0.3 is 0 Å². The quantitative estimate of drug-likeness (QED) is 0.719. The van der Waals surface area contributed by atoms with Gasteiger partial charge in [0.05, 0.1) is 17.8 Å². The molecule has 2 heterocycles. The Morgan fingerprint density at radius 2 is 1.95 bits per heavy atom. The molecule has 5 nitrogen and oxygen atoms in total. The second-order valence-corrected chi connectivity index (χ2v) is 5.43. The van der Waals surface area contributed by atoms with Crippen molar-refractivity contribution in [2.45, 2.75) is 6.61 Å². The largest absolute Gasteiger partial charge is 0.473 e. The van der Waals surface area contributed by atoms with Gasteiger partial charge in [-0.05, 0) is 23.8 Å². The highest BCUT2D eigenvalue weighted by atomic mass is 79.9. The summed E-state index contributed by atoms with van der Waals surface area (Å²) in [5, 5.41) is 13.2. The molecule has 0 saturated heterocycles. The number of hydrogen-bond donors (Lipinski definition) is 0. The van der Waals surface area contributed by atoms with Gasteiger partial charge in [-0.1, -0.05) is 28.1 Å². The number of nitrogens with zero attached hydrogens (tertiary/aromatic N) is 4. The van der Waals surface area contributed by atoms with E-state index in [9.17, 15) is 0 Å². The summed E-state index contributed by atoms with van der Waals surface area (Å²) in [5.41, 5.74) is 1.58. The van der Waals surface area contributed by atoms with Crippen LogP contribution in [0.2, 0.25) is 0 Å². The van der Waals surface area contributed by atoms with Crippen LogP contribution in [0, 0.1) is 11.3 Å². The normalized spacial score (nSPS) is 10.2. The molecule has 0 N–H and O–H groups in total. The summed E-state index contributed by atoms with van der Waals surface area (Å²) >= 11 is 3.40. The number of rotatable bonds is 4. The Bertz CT molecular complexity index is 821. The number of pyridine rings is 1. The number of ether oxygens (including phenoxy) is 1. The van der Waals surface area contributed by atoms with Gasteiger partial charge in [0.25, 0.3) is 0 Å². The maximum absolute atomic E-state index is 8.96. The van der Waals surface area contributed by atoms with Crippen molar-refractivity contribution in [3.05, 3.63) is 70.5 Å². The summed E-state index contributed by atoms with van der Waals surface area (Å²) in [6, 6.07) is 15.1. The first kappa shape index (κ1) is 14.3. The Balaban J connectivity index is 1.80. The van der Waals surface area contributed by atoms with Crippen molar-refractivity contribution in [3.63, 3.8) is 0 Å². The molecule has 0 aliphatic rings. The minimum absolute atomic E-state index is 0.427. The molecule has 0 fully saturated rings. The molecule has 0 saturated carbocycles. The Labute approximate surface area is 135 Å². The summed E-state index contributed by atoms with van der Waals surface area (Å²) in [5.74, 6) is 1.13. The van der Waals surface area contributed by atoms with Gasteiger partial charge in [0.2, 0.25) is 5.88 Å². The Morgan fingerprint density at radius 3 is 2.73 bits per heavy atom. The monoisotopic (exact) mass is 354 g/mol. The predicted octanol–water partition coefficient (Wildman–Crippen LogP) is 3.48. The number of halogens is 1. The molecule has 108 valence electrons. The standard InChI is InChI=1S/C16H11BrN4O/c17-14-3-1-12(2-4-14)11-22-16-6-8-20-21(16)15-9-13(10-18)5-7-19-15/h1-9H,11H2. The van der Waals surface area contributed by atoms with Gasteiger partial charge in [-0.25, -0.2) is 4.98 Å². The van der Waals surface area contributed by atoms with Crippen molar-refractivity contribution in [3.8, 4) is 17.8 Å². The third kappa shape index (κ3) is 3.15. The van der Waals surface area contributed by atoms with Crippen LogP contribution in [0.1, 0.15) is 11.1 Å². The van der Waals surface area contributed by atoms with E-state index in [2.05, 4.69) is 32.1 Å². The maximum atomic E-state index is 8.96. The van der Waals surface area contributed by atoms with E-state index in [1.54, 1.807) is 35.3 Å². The lowest BCUT2D eigenvalue weighted by Crippen LogP contribution is -2.05. The van der Waals surface area contributed by atoms with Gasteiger partial charge in [-0.2, -0.15) is 15.0 Å². The van der Waals surface area contributed by atoms with Crippen LogP contribution in [-0.2, 0) is 6.61 Å². The molecule has 0 unspecified atom stereocenters. The molecule has 1 aromatic carbocycles. The molecule has 2 aromatic heterocycles.